The first kappa shape index (κ1) is 13.6. The van der Waals surface area contributed by atoms with Crippen molar-refractivity contribution in [2.75, 3.05) is 18.0 Å². The minimum absolute atomic E-state index is 0.0587. The standard InChI is InChI=1S/C15H24N4O/c1-2-11-5-7-18(13(9-11)10-16)14-15(20)19(8-6-17-14)12-3-4-12/h6,8,11-13H,2-5,7,9-10,16H2,1H3. The van der Waals surface area contributed by atoms with Crippen molar-refractivity contribution in [3.63, 3.8) is 0 Å². The molecular formula is C15H24N4O. The third-order valence-corrected chi connectivity index (χ3v) is 4.74. The summed E-state index contributed by atoms with van der Waals surface area (Å²) in [6.45, 7) is 3.72. The van der Waals surface area contributed by atoms with Gasteiger partial charge in [0.1, 0.15) is 0 Å². The fourth-order valence-corrected chi connectivity index (χ4v) is 3.26. The molecule has 2 unspecified atom stereocenters. The van der Waals surface area contributed by atoms with E-state index in [0.717, 1.165) is 38.1 Å². The normalized spacial score (nSPS) is 26.8. The van der Waals surface area contributed by atoms with E-state index in [0.29, 0.717) is 18.4 Å². The van der Waals surface area contributed by atoms with Crippen LogP contribution in [0.15, 0.2) is 17.2 Å². The van der Waals surface area contributed by atoms with Crippen molar-refractivity contribution in [1.82, 2.24) is 9.55 Å². The number of rotatable bonds is 4. The predicted molar refractivity (Wildman–Crippen MR) is 80.0 cm³/mol. The van der Waals surface area contributed by atoms with E-state index >= 15 is 0 Å². The lowest BCUT2D eigenvalue weighted by Crippen LogP contribution is -2.49. The molecule has 0 bridgehead atoms. The van der Waals surface area contributed by atoms with Gasteiger partial charge in [-0.25, -0.2) is 4.98 Å². The Morgan fingerprint density at radius 1 is 1.40 bits per heavy atom. The second kappa shape index (κ2) is 5.56. The summed E-state index contributed by atoms with van der Waals surface area (Å²) in [5.41, 5.74) is 5.99. The van der Waals surface area contributed by atoms with Crippen LogP contribution in [0.25, 0.3) is 0 Å². The third kappa shape index (κ3) is 2.46. The zero-order chi connectivity index (χ0) is 14.1. The number of nitrogens with zero attached hydrogens (tertiary/aromatic N) is 3. The Morgan fingerprint density at radius 3 is 2.85 bits per heavy atom. The lowest BCUT2D eigenvalue weighted by atomic mass is 9.89. The molecule has 1 saturated carbocycles. The number of nitrogens with two attached hydrogens (primary N) is 1. The molecule has 2 atom stereocenters. The zero-order valence-electron chi connectivity index (χ0n) is 12.2. The smallest absolute Gasteiger partial charge is 0.293 e. The van der Waals surface area contributed by atoms with Gasteiger partial charge < -0.3 is 15.2 Å². The largest absolute Gasteiger partial charge is 0.348 e. The Bertz CT molecular complexity index is 523. The highest BCUT2D eigenvalue weighted by atomic mass is 16.1. The SMILES string of the molecule is CCC1CCN(c2nccn(C3CC3)c2=O)C(CN)C1. The second-order valence-electron chi connectivity index (χ2n) is 6.08. The number of hydrogen-bond donors (Lipinski definition) is 1. The van der Waals surface area contributed by atoms with E-state index in [1.165, 1.54) is 6.42 Å². The molecule has 2 fully saturated rings. The van der Waals surface area contributed by atoms with E-state index < -0.39 is 0 Å². The Hall–Kier alpha value is -1.36. The van der Waals surface area contributed by atoms with Crippen molar-refractivity contribution >= 4 is 5.82 Å². The van der Waals surface area contributed by atoms with Gasteiger partial charge in [0, 0.05) is 37.6 Å². The van der Waals surface area contributed by atoms with Crippen LogP contribution >= 0.6 is 0 Å². The van der Waals surface area contributed by atoms with E-state index in [2.05, 4.69) is 16.8 Å². The summed E-state index contributed by atoms with van der Waals surface area (Å²) >= 11 is 0. The van der Waals surface area contributed by atoms with Crippen LogP contribution in [-0.2, 0) is 0 Å². The molecule has 0 radical (unpaired) electrons. The molecule has 1 aliphatic heterocycles. The minimum atomic E-state index is 0.0587. The summed E-state index contributed by atoms with van der Waals surface area (Å²) in [4.78, 5) is 19.1. The summed E-state index contributed by atoms with van der Waals surface area (Å²) in [5.74, 6) is 1.33. The van der Waals surface area contributed by atoms with Gasteiger partial charge in [-0.15, -0.1) is 0 Å². The van der Waals surface area contributed by atoms with E-state index in [9.17, 15) is 4.79 Å². The molecule has 5 heteroatoms. The molecule has 1 aromatic heterocycles. The van der Waals surface area contributed by atoms with Gasteiger partial charge in [-0.3, -0.25) is 4.79 Å². The summed E-state index contributed by atoms with van der Waals surface area (Å²) in [6.07, 6.45) is 9.20. The Kier molecular flexibility index (Phi) is 3.78. The molecule has 2 N–H and O–H groups in total. The van der Waals surface area contributed by atoms with Gasteiger partial charge in [-0.05, 0) is 31.6 Å². The number of piperidine rings is 1. The molecule has 3 rings (SSSR count). The van der Waals surface area contributed by atoms with Crippen molar-refractivity contribution in [2.45, 2.75) is 51.1 Å². The van der Waals surface area contributed by atoms with Crippen LogP contribution in [-0.4, -0.2) is 28.7 Å². The Morgan fingerprint density at radius 2 is 2.20 bits per heavy atom. The Labute approximate surface area is 119 Å². The fourth-order valence-electron chi connectivity index (χ4n) is 3.26. The van der Waals surface area contributed by atoms with Crippen LogP contribution in [0.4, 0.5) is 5.82 Å². The lowest BCUT2D eigenvalue weighted by molar-refractivity contribution is 0.333. The predicted octanol–water partition coefficient (Wildman–Crippen LogP) is 1.53. The minimum Gasteiger partial charge on any atom is -0.348 e. The third-order valence-electron chi connectivity index (χ3n) is 4.74. The van der Waals surface area contributed by atoms with Crippen LogP contribution in [0, 0.1) is 5.92 Å². The quantitative estimate of drug-likeness (QED) is 0.906. The molecular weight excluding hydrogens is 252 g/mol. The highest BCUT2D eigenvalue weighted by Crippen LogP contribution is 2.34. The number of aromatic nitrogens is 2. The molecule has 1 aromatic rings. The maximum Gasteiger partial charge on any atom is 0.293 e. The summed E-state index contributed by atoms with van der Waals surface area (Å²) in [5, 5.41) is 0. The highest BCUT2D eigenvalue weighted by Gasteiger charge is 2.31. The molecule has 2 heterocycles. The van der Waals surface area contributed by atoms with E-state index in [1.807, 2.05) is 10.8 Å². The fraction of sp³-hybridized carbons (Fsp3) is 0.733. The average molecular weight is 276 g/mol. The van der Waals surface area contributed by atoms with Gasteiger partial charge in [-0.2, -0.15) is 0 Å². The second-order valence-corrected chi connectivity index (χ2v) is 6.08. The van der Waals surface area contributed by atoms with Crippen LogP contribution in [0.2, 0.25) is 0 Å². The first-order valence-electron chi connectivity index (χ1n) is 7.78. The molecule has 20 heavy (non-hydrogen) atoms. The highest BCUT2D eigenvalue weighted by molar-refractivity contribution is 5.38. The van der Waals surface area contributed by atoms with Crippen LogP contribution < -0.4 is 16.2 Å². The molecule has 5 nitrogen and oxygen atoms in total. The molecule has 0 amide bonds. The van der Waals surface area contributed by atoms with Gasteiger partial charge in [-0.1, -0.05) is 13.3 Å². The van der Waals surface area contributed by atoms with Crippen molar-refractivity contribution in [3.05, 3.63) is 22.7 Å². The van der Waals surface area contributed by atoms with Crippen molar-refractivity contribution < 1.29 is 0 Å². The van der Waals surface area contributed by atoms with Gasteiger partial charge >= 0.3 is 0 Å². The van der Waals surface area contributed by atoms with Gasteiger partial charge in [0.15, 0.2) is 5.82 Å². The van der Waals surface area contributed by atoms with E-state index in [-0.39, 0.29) is 11.6 Å². The van der Waals surface area contributed by atoms with Crippen molar-refractivity contribution in [2.24, 2.45) is 11.7 Å². The monoisotopic (exact) mass is 276 g/mol. The lowest BCUT2D eigenvalue weighted by Gasteiger charge is -2.39. The topological polar surface area (TPSA) is 64.2 Å². The molecule has 110 valence electrons. The van der Waals surface area contributed by atoms with Crippen molar-refractivity contribution in [3.8, 4) is 0 Å². The first-order valence-corrected chi connectivity index (χ1v) is 7.78. The van der Waals surface area contributed by atoms with E-state index in [1.54, 1.807) is 6.20 Å². The molecule has 0 spiro atoms. The maximum absolute atomic E-state index is 12.6. The molecule has 1 saturated heterocycles. The average Bonchev–Trinajstić information content (AvgIpc) is 3.31. The van der Waals surface area contributed by atoms with Crippen LogP contribution in [0.5, 0.6) is 0 Å². The van der Waals surface area contributed by atoms with Gasteiger partial charge in [0.2, 0.25) is 0 Å². The number of hydrogen-bond acceptors (Lipinski definition) is 4. The first-order chi connectivity index (χ1) is 9.74. The van der Waals surface area contributed by atoms with Crippen LogP contribution in [0.1, 0.15) is 45.1 Å². The van der Waals surface area contributed by atoms with Gasteiger partial charge in [0.25, 0.3) is 5.56 Å². The van der Waals surface area contributed by atoms with E-state index in [4.69, 9.17) is 5.73 Å². The molecule has 1 aliphatic carbocycles. The summed E-state index contributed by atoms with van der Waals surface area (Å²) < 4.78 is 1.85. The van der Waals surface area contributed by atoms with Crippen LogP contribution in [0.3, 0.4) is 0 Å². The number of anilines is 1. The zero-order valence-corrected chi connectivity index (χ0v) is 12.2. The Balaban J connectivity index is 1.88. The summed E-state index contributed by atoms with van der Waals surface area (Å²) in [7, 11) is 0. The summed E-state index contributed by atoms with van der Waals surface area (Å²) in [6, 6.07) is 0.651. The maximum atomic E-state index is 12.6. The van der Waals surface area contributed by atoms with Crippen molar-refractivity contribution in [1.29, 1.82) is 0 Å². The molecule has 0 aromatic carbocycles. The van der Waals surface area contributed by atoms with Gasteiger partial charge in [0.05, 0.1) is 0 Å². The molecule has 2 aliphatic rings.